The number of carbonyl (C=O) groups excluding carboxylic acids is 4. The summed E-state index contributed by atoms with van der Waals surface area (Å²) in [6.45, 7) is 5.45. The number of nitrogens with one attached hydrogen (secondary N) is 2. The van der Waals surface area contributed by atoms with E-state index in [0.717, 1.165) is 6.42 Å². The molecular weight excluding hydrogens is 472 g/mol. The summed E-state index contributed by atoms with van der Waals surface area (Å²) in [5.74, 6) is -5.53. The molecule has 196 valence electrons. The van der Waals surface area contributed by atoms with E-state index in [9.17, 15) is 33.2 Å². The minimum absolute atomic E-state index is 0.0446. The molecule has 4 rings (SSSR count). The smallest absolute Gasteiger partial charge is 0.315 e. The first-order chi connectivity index (χ1) is 16.8. The number of allylic oxidation sites excluding steroid dienone is 2. The maximum absolute atomic E-state index is 14.1. The summed E-state index contributed by atoms with van der Waals surface area (Å²) >= 11 is 0. The van der Waals surface area contributed by atoms with Crippen molar-refractivity contribution in [3.05, 3.63) is 12.2 Å². The van der Waals surface area contributed by atoms with Crippen LogP contribution in [-0.4, -0.2) is 59.6 Å². The van der Waals surface area contributed by atoms with Gasteiger partial charge >= 0.3 is 6.43 Å². The molecule has 8 atom stereocenters. The maximum Gasteiger partial charge on any atom is 0.315 e. The number of nitrogens with two attached hydrogens (primary N) is 1. The summed E-state index contributed by atoms with van der Waals surface area (Å²) in [5.41, 5.74) is 3.36. The van der Waals surface area contributed by atoms with Crippen LogP contribution in [0.15, 0.2) is 12.2 Å². The van der Waals surface area contributed by atoms with Crippen LogP contribution in [0.4, 0.5) is 8.78 Å². The van der Waals surface area contributed by atoms with Crippen LogP contribution in [0.2, 0.25) is 0 Å². The van der Waals surface area contributed by atoms with E-state index in [1.54, 1.807) is 20.8 Å². The Kier molecular flexibility index (Phi) is 6.60. The van der Waals surface area contributed by atoms with E-state index in [1.807, 2.05) is 6.08 Å². The number of hydrogen-bond donors (Lipinski definition) is 3. The third-order valence-corrected chi connectivity index (χ3v) is 8.60. The summed E-state index contributed by atoms with van der Waals surface area (Å²) in [7, 11) is 0. The Morgan fingerprint density at radius 1 is 1.31 bits per heavy atom. The first-order valence-electron chi connectivity index (χ1n) is 12.4. The van der Waals surface area contributed by atoms with Crippen molar-refractivity contribution >= 4 is 23.6 Å². The Morgan fingerprint density at radius 3 is 2.50 bits per heavy atom. The Balaban J connectivity index is 1.80. The van der Waals surface area contributed by atoms with Gasteiger partial charge in [-0.25, -0.2) is 0 Å². The first-order valence-corrected chi connectivity index (χ1v) is 12.4. The van der Waals surface area contributed by atoms with Crippen molar-refractivity contribution in [2.45, 2.75) is 58.0 Å². The topological polar surface area (TPSA) is 145 Å². The van der Waals surface area contributed by atoms with Crippen molar-refractivity contribution in [1.82, 2.24) is 15.5 Å². The third kappa shape index (κ3) is 3.95. The molecule has 5 unspecified atom stereocenters. The number of carbonyl (C=O) groups is 4. The van der Waals surface area contributed by atoms with Crippen molar-refractivity contribution in [2.24, 2.45) is 46.7 Å². The highest BCUT2D eigenvalue weighted by Crippen LogP contribution is 2.60. The molecule has 2 saturated heterocycles. The third-order valence-electron chi connectivity index (χ3n) is 8.60. The molecule has 2 aliphatic carbocycles. The second kappa shape index (κ2) is 9.12. The Morgan fingerprint density at radius 2 is 1.97 bits per heavy atom. The predicted molar refractivity (Wildman–Crippen MR) is 124 cm³/mol. The van der Waals surface area contributed by atoms with Crippen LogP contribution in [0.3, 0.4) is 0 Å². The lowest BCUT2D eigenvalue weighted by molar-refractivity contribution is -0.154. The van der Waals surface area contributed by atoms with Gasteiger partial charge in [0, 0.05) is 24.9 Å². The molecular formula is C25H33F2N5O4. The second-order valence-corrected chi connectivity index (χ2v) is 11.6. The normalized spacial score (nSPS) is 34.3. The fraction of sp³-hybridized carbons (Fsp3) is 0.720. The minimum atomic E-state index is -3.32. The number of fused-ring (bicyclic) bond motifs is 5. The summed E-state index contributed by atoms with van der Waals surface area (Å²) in [6, 6.07) is 0.823. The van der Waals surface area contributed by atoms with Gasteiger partial charge in [0.05, 0.1) is 12.0 Å². The van der Waals surface area contributed by atoms with Gasteiger partial charge in [-0.05, 0) is 42.4 Å². The van der Waals surface area contributed by atoms with Crippen LogP contribution >= 0.6 is 0 Å². The van der Waals surface area contributed by atoms with Crippen LogP contribution in [0.25, 0.3) is 0 Å². The number of amides is 4. The Bertz CT molecular complexity index is 1030. The molecule has 4 N–H and O–H groups in total. The molecule has 11 heteroatoms. The average molecular weight is 506 g/mol. The fourth-order valence-electron chi connectivity index (χ4n) is 7.02. The highest BCUT2D eigenvalue weighted by atomic mass is 19.3. The molecule has 4 aliphatic rings. The van der Waals surface area contributed by atoms with Gasteiger partial charge in [0.1, 0.15) is 11.6 Å². The number of hydrogen-bond acceptors (Lipinski definition) is 5. The van der Waals surface area contributed by atoms with E-state index >= 15 is 0 Å². The molecule has 0 radical (unpaired) electrons. The minimum Gasteiger partial charge on any atom is -0.368 e. The molecule has 2 heterocycles. The number of nitrogens with zero attached hydrogens (tertiary/aromatic N) is 2. The van der Waals surface area contributed by atoms with Crippen LogP contribution in [0.5, 0.6) is 0 Å². The average Bonchev–Trinajstić information content (AvgIpc) is 3.56. The van der Waals surface area contributed by atoms with Crippen molar-refractivity contribution in [2.75, 3.05) is 13.1 Å². The van der Waals surface area contributed by atoms with E-state index in [4.69, 9.17) is 5.73 Å². The number of alkyl halides is 2. The highest BCUT2D eigenvalue weighted by molar-refractivity contribution is 5.96. The van der Waals surface area contributed by atoms with Crippen molar-refractivity contribution in [3.63, 3.8) is 0 Å². The van der Waals surface area contributed by atoms with Crippen molar-refractivity contribution in [1.29, 1.82) is 5.26 Å². The van der Waals surface area contributed by atoms with E-state index in [1.165, 1.54) is 4.90 Å². The second-order valence-electron chi connectivity index (χ2n) is 11.6. The van der Waals surface area contributed by atoms with E-state index in [0.29, 0.717) is 13.0 Å². The lowest BCUT2D eigenvalue weighted by Crippen LogP contribution is -2.68. The van der Waals surface area contributed by atoms with Gasteiger partial charge in [-0.15, -0.1) is 0 Å². The summed E-state index contributed by atoms with van der Waals surface area (Å²) < 4.78 is 26.3. The molecule has 36 heavy (non-hydrogen) atoms. The zero-order chi connectivity index (χ0) is 26.6. The number of primary amides is 1. The van der Waals surface area contributed by atoms with Crippen molar-refractivity contribution < 1.29 is 28.0 Å². The quantitative estimate of drug-likeness (QED) is 0.441. The zero-order valence-electron chi connectivity index (χ0n) is 20.7. The predicted octanol–water partition coefficient (Wildman–Crippen LogP) is 0.953. The van der Waals surface area contributed by atoms with Gasteiger partial charge < -0.3 is 21.3 Å². The summed E-state index contributed by atoms with van der Waals surface area (Å²) in [4.78, 5) is 53.2. The molecule has 9 nitrogen and oxygen atoms in total. The van der Waals surface area contributed by atoms with E-state index < -0.39 is 58.9 Å². The first kappa shape index (κ1) is 26.0. The number of halogens is 2. The van der Waals surface area contributed by atoms with Crippen LogP contribution < -0.4 is 16.4 Å². The zero-order valence-corrected chi connectivity index (χ0v) is 20.7. The monoisotopic (exact) mass is 505 g/mol. The number of likely N-dealkylation sites (tertiary alicyclic amines) is 1. The fourth-order valence-corrected chi connectivity index (χ4v) is 7.02. The van der Waals surface area contributed by atoms with E-state index in [-0.39, 0.29) is 36.6 Å². The molecule has 4 amide bonds. The maximum atomic E-state index is 14.1. The molecule has 0 aromatic rings. The van der Waals surface area contributed by atoms with Gasteiger partial charge in [-0.3, -0.25) is 19.2 Å². The number of nitriles is 1. The Labute approximate surface area is 208 Å². The largest absolute Gasteiger partial charge is 0.368 e. The lowest BCUT2D eigenvalue weighted by Gasteiger charge is -2.46. The summed E-state index contributed by atoms with van der Waals surface area (Å²) in [5, 5.41) is 15.2. The van der Waals surface area contributed by atoms with Gasteiger partial charge in [-0.2, -0.15) is 14.0 Å². The van der Waals surface area contributed by atoms with Crippen LogP contribution in [0.1, 0.15) is 40.0 Å². The SMILES string of the molecule is CC(C)(C)[C@H](NC(=O)C(F)F)C(=O)N1CC2C3C=CC(C3)C2C1(C(N)=O)[C@@H](C#N)C[C@H]1CCNC1=O. The molecule has 0 aromatic carbocycles. The van der Waals surface area contributed by atoms with Crippen LogP contribution in [0, 0.1) is 52.3 Å². The molecule has 0 aromatic heterocycles. The molecule has 1 saturated carbocycles. The lowest BCUT2D eigenvalue weighted by atomic mass is 9.65. The van der Waals surface area contributed by atoms with Gasteiger partial charge in [0.2, 0.25) is 17.7 Å². The molecule has 2 aliphatic heterocycles. The van der Waals surface area contributed by atoms with Crippen LogP contribution in [-0.2, 0) is 19.2 Å². The molecule has 3 fully saturated rings. The molecule has 0 spiro atoms. The number of rotatable bonds is 7. The van der Waals surface area contributed by atoms with Gasteiger partial charge in [0.25, 0.3) is 5.91 Å². The van der Waals surface area contributed by atoms with Gasteiger partial charge in [-0.1, -0.05) is 32.9 Å². The summed E-state index contributed by atoms with van der Waals surface area (Å²) in [6.07, 6.45) is 2.04. The van der Waals surface area contributed by atoms with Gasteiger partial charge in [0.15, 0.2) is 0 Å². The van der Waals surface area contributed by atoms with Crippen molar-refractivity contribution in [3.8, 4) is 6.07 Å². The Hall–Kier alpha value is -3.03. The standard InChI is InChI=1S/C25H33F2N5O4/c1-24(2,3)18(31-21(34)19(26)27)22(35)32-11-16-12-4-5-13(8-12)17(16)25(32,23(29)36)15(10-28)9-14-6-7-30-20(14)33/h4-5,12-19H,6-9,11H2,1-3H3,(H2,29,36)(H,30,33)(H,31,34)/t12?,13?,14-,15-,16?,17?,18-,25?/m1/s1. The highest BCUT2D eigenvalue weighted by Gasteiger charge is 2.69. The van der Waals surface area contributed by atoms with E-state index in [2.05, 4.69) is 22.8 Å². The molecule has 2 bridgehead atoms.